The van der Waals surface area contributed by atoms with Crippen LogP contribution in [0.25, 0.3) is 5.70 Å². The average Bonchev–Trinajstić information content (AvgIpc) is 2.61. The summed E-state index contributed by atoms with van der Waals surface area (Å²) < 4.78 is 0. The van der Waals surface area contributed by atoms with Gasteiger partial charge in [0.25, 0.3) is 0 Å². The number of hydrogen-bond acceptors (Lipinski definition) is 4. The third-order valence-corrected chi connectivity index (χ3v) is 2.98. The zero-order valence-electron chi connectivity index (χ0n) is 10.1. The van der Waals surface area contributed by atoms with E-state index < -0.39 is 0 Å². The first-order valence-electron chi connectivity index (χ1n) is 5.03. The molecule has 1 N–H and O–H groups in total. The molecule has 0 radical (unpaired) electrons. The van der Waals surface area contributed by atoms with Gasteiger partial charge in [-0.1, -0.05) is 6.58 Å². The summed E-state index contributed by atoms with van der Waals surface area (Å²) in [6.07, 6.45) is 0. The Morgan fingerprint density at radius 3 is 2.38 bits per heavy atom. The number of rotatable bonds is 4. The third-order valence-electron chi connectivity index (χ3n) is 1.73. The van der Waals surface area contributed by atoms with Gasteiger partial charge in [-0.15, -0.1) is 11.3 Å². The van der Waals surface area contributed by atoms with E-state index in [2.05, 4.69) is 12.1 Å². The topological polar surface area (TPSA) is 38.3 Å². The van der Waals surface area contributed by atoms with Gasteiger partial charge in [-0.3, -0.25) is 15.1 Å². The Kier molecular flexibility index (Phi) is 3.88. The summed E-state index contributed by atoms with van der Waals surface area (Å²) in [6.45, 7) is 11.3. The molecule has 0 aliphatic carbocycles. The van der Waals surface area contributed by atoms with Gasteiger partial charge in [-0.25, -0.2) is 0 Å². The van der Waals surface area contributed by atoms with Crippen molar-refractivity contribution in [2.45, 2.75) is 33.3 Å². The maximum Gasteiger partial charge on any atom is 0.169 e. The first-order valence-corrected chi connectivity index (χ1v) is 5.85. The van der Waals surface area contributed by atoms with Crippen molar-refractivity contribution in [1.82, 2.24) is 5.48 Å². The summed E-state index contributed by atoms with van der Waals surface area (Å²) in [5.41, 5.74) is 3.20. The van der Waals surface area contributed by atoms with Crippen LogP contribution in [-0.4, -0.2) is 11.4 Å². The molecule has 16 heavy (non-hydrogen) atoms. The molecule has 1 aromatic rings. The lowest BCUT2D eigenvalue weighted by Gasteiger charge is -2.20. The Bertz CT molecular complexity index is 401. The highest BCUT2D eigenvalue weighted by Crippen LogP contribution is 2.22. The third kappa shape index (κ3) is 3.79. The molecule has 0 aromatic carbocycles. The molecule has 0 fully saturated rings. The predicted octanol–water partition coefficient (Wildman–Crippen LogP) is 3.24. The van der Waals surface area contributed by atoms with E-state index in [1.807, 2.05) is 26.8 Å². The number of carbonyl (C=O) groups is 1. The Morgan fingerprint density at radius 1 is 1.38 bits per heavy atom. The van der Waals surface area contributed by atoms with Gasteiger partial charge in [0.15, 0.2) is 5.78 Å². The summed E-state index contributed by atoms with van der Waals surface area (Å²) in [4.78, 5) is 18.2. The number of nitrogens with one attached hydrogen (secondary N) is 1. The van der Waals surface area contributed by atoms with Crippen molar-refractivity contribution in [3.8, 4) is 0 Å². The SMILES string of the molecule is C=C(NOC(C)(C)C)c1ccc(C(C)=O)s1. The van der Waals surface area contributed by atoms with Crippen molar-refractivity contribution >= 4 is 22.8 Å². The summed E-state index contributed by atoms with van der Waals surface area (Å²) >= 11 is 1.41. The number of ketones is 1. The van der Waals surface area contributed by atoms with Gasteiger partial charge in [0.2, 0.25) is 0 Å². The molecule has 0 aliphatic rings. The maximum atomic E-state index is 11.1. The molecule has 1 heterocycles. The van der Waals surface area contributed by atoms with Crippen LogP contribution in [0.2, 0.25) is 0 Å². The van der Waals surface area contributed by atoms with Crippen LogP contribution < -0.4 is 5.48 Å². The highest BCUT2D eigenvalue weighted by atomic mass is 32.1. The molecule has 0 aliphatic heterocycles. The van der Waals surface area contributed by atoms with E-state index in [4.69, 9.17) is 4.84 Å². The fraction of sp³-hybridized carbons (Fsp3) is 0.417. The van der Waals surface area contributed by atoms with Crippen molar-refractivity contribution < 1.29 is 9.63 Å². The summed E-state index contributed by atoms with van der Waals surface area (Å²) in [6, 6.07) is 3.66. The van der Waals surface area contributed by atoms with Crippen LogP contribution in [0.15, 0.2) is 18.7 Å². The van der Waals surface area contributed by atoms with Crippen LogP contribution in [-0.2, 0) is 4.84 Å². The highest BCUT2D eigenvalue weighted by molar-refractivity contribution is 7.15. The van der Waals surface area contributed by atoms with E-state index in [0.717, 1.165) is 9.75 Å². The van der Waals surface area contributed by atoms with Crippen LogP contribution in [0, 0.1) is 0 Å². The Labute approximate surface area is 100 Å². The molecule has 0 saturated carbocycles. The fourth-order valence-corrected chi connectivity index (χ4v) is 1.77. The molecule has 0 unspecified atom stereocenters. The zero-order valence-corrected chi connectivity index (χ0v) is 10.9. The van der Waals surface area contributed by atoms with Crippen molar-refractivity contribution in [1.29, 1.82) is 0 Å². The van der Waals surface area contributed by atoms with E-state index in [1.54, 1.807) is 13.0 Å². The van der Waals surface area contributed by atoms with Gasteiger partial charge in [-0.2, -0.15) is 0 Å². The van der Waals surface area contributed by atoms with E-state index in [0.29, 0.717) is 5.70 Å². The maximum absolute atomic E-state index is 11.1. The molecular weight excluding hydrogens is 222 g/mol. The Balaban J connectivity index is 2.63. The van der Waals surface area contributed by atoms with Crippen LogP contribution in [0.1, 0.15) is 42.2 Å². The van der Waals surface area contributed by atoms with Gasteiger partial charge in [0, 0.05) is 0 Å². The standard InChI is InChI=1S/C12H17NO2S/c1-8(13-15-12(3,4)5)10-6-7-11(16-10)9(2)14/h6-7,13H,1H2,2-5H3. The first kappa shape index (κ1) is 12.9. The normalized spacial score (nSPS) is 11.2. The number of Topliss-reactive ketones (excluding diaryl/α,β-unsaturated/α-hetero) is 1. The molecular formula is C12H17NO2S. The van der Waals surface area contributed by atoms with E-state index in [1.165, 1.54) is 11.3 Å². The predicted molar refractivity (Wildman–Crippen MR) is 67.3 cm³/mol. The molecule has 3 nitrogen and oxygen atoms in total. The van der Waals surface area contributed by atoms with Gasteiger partial charge in [0.05, 0.1) is 21.1 Å². The molecule has 88 valence electrons. The van der Waals surface area contributed by atoms with Crippen LogP contribution in [0.5, 0.6) is 0 Å². The van der Waals surface area contributed by atoms with Crippen molar-refractivity contribution in [3.05, 3.63) is 28.5 Å². The summed E-state index contributed by atoms with van der Waals surface area (Å²) in [7, 11) is 0. The largest absolute Gasteiger partial charge is 0.294 e. The smallest absolute Gasteiger partial charge is 0.169 e. The minimum atomic E-state index is -0.274. The van der Waals surface area contributed by atoms with Gasteiger partial charge < -0.3 is 0 Å². The minimum absolute atomic E-state index is 0.0702. The zero-order chi connectivity index (χ0) is 12.3. The van der Waals surface area contributed by atoms with Crippen molar-refractivity contribution in [3.63, 3.8) is 0 Å². The monoisotopic (exact) mass is 239 g/mol. The lowest BCUT2D eigenvalue weighted by molar-refractivity contribution is -0.0468. The summed E-state index contributed by atoms with van der Waals surface area (Å²) in [5, 5.41) is 0. The molecule has 4 heteroatoms. The summed E-state index contributed by atoms with van der Waals surface area (Å²) in [5.74, 6) is 0.0702. The van der Waals surface area contributed by atoms with Crippen LogP contribution in [0.3, 0.4) is 0 Å². The average molecular weight is 239 g/mol. The van der Waals surface area contributed by atoms with Gasteiger partial charge in [0.1, 0.15) is 0 Å². The number of thiophene rings is 1. The molecule has 0 amide bonds. The minimum Gasteiger partial charge on any atom is -0.294 e. The van der Waals surface area contributed by atoms with Crippen molar-refractivity contribution in [2.24, 2.45) is 0 Å². The number of carbonyl (C=O) groups excluding carboxylic acids is 1. The van der Waals surface area contributed by atoms with E-state index >= 15 is 0 Å². The van der Waals surface area contributed by atoms with Crippen LogP contribution >= 0.6 is 11.3 Å². The Morgan fingerprint density at radius 2 is 1.94 bits per heavy atom. The molecule has 1 rings (SSSR count). The van der Waals surface area contributed by atoms with Gasteiger partial charge in [-0.05, 0) is 39.8 Å². The molecule has 1 aromatic heterocycles. The quantitative estimate of drug-likeness (QED) is 0.647. The second kappa shape index (κ2) is 4.80. The lowest BCUT2D eigenvalue weighted by Crippen LogP contribution is -2.27. The fourth-order valence-electron chi connectivity index (χ4n) is 0.954. The van der Waals surface area contributed by atoms with Crippen molar-refractivity contribution in [2.75, 3.05) is 0 Å². The molecule has 0 saturated heterocycles. The first-order chi connectivity index (χ1) is 7.29. The van der Waals surface area contributed by atoms with Gasteiger partial charge >= 0.3 is 0 Å². The van der Waals surface area contributed by atoms with Crippen LogP contribution in [0.4, 0.5) is 0 Å². The second-order valence-corrected chi connectivity index (χ2v) is 5.60. The van der Waals surface area contributed by atoms with E-state index in [9.17, 15) is 4.79 Å². The lowest BCUT2D eigenvalue weighted by atomic mass is 10.2. The molecule has 0 spiro atoms. The molecule has 0 atom stereocenters. The highest BCUT2D eigenvalue weighted by Gasteiger charge is 2.12. The number of hydroxylamine groups is 1. The van der Waals surface area contributed by atoms with E-state index in [-0.39, 0.29) is 11.4 Å². The number of hydrogen-bond donors (Lipinski definition) is 1. The Hall–Kier alpha value is -1.13. The second-order valence-electron chi connectivity index (χ2n) is 4.52. The molecule has 0 bridgehead atoms.